The Labute approximate surface area is 130 Å². The average molecular weight is 382 g/mol. The number of halogens is 1. The van der Waals surface area contributed by atoms with Crippen molar-refractivity contribution in [2.24, 2.45) is 11.8 Å². The number of rotatable bonds is 4. The lowest BCUT2D eigenvalue weighted by Crippen LogP contribution is -2.40. The van der Waals surface area contributed by atoms with E-state index in [1.807, 2.05) is 0 Å². The highest BCUT2D eigenvalue weighted by Crippen LogP contribution is 2.32. The van der Waals surface area contributed by atoms with Gasteiger partial charge in [0.05, 0.1) is 9.70 Å². The Morgan fingerprint density at radius 2 is 2.05 bits per heavy atom. The van der Waals surface area contributed by atoms with Crippen LogP contribution in [0, 0.1) is 11.8 Å². The minimum Gasteiger partial charge on any atom is -0.481 e. The van der Waals surface area contributed by atoms with Crippen molar-refractivity contribution in [3.63, 3.8) is 0 Å². The van der Waals surface area contributed by atoms with Crippen molar-refractivity contribution in [3.05, 3.63) is 15.9 Å². The van der Waals surface area contributed by atoms with Crippen molar-refractivity contribution in [1.29, 1.82) is 0 Å². The van der Waals surface area contributed by atoms with Crippen LogP contribution in [0.4, 0.5) is 0 Å². The molecule has 0 bridgehead atoms. The summed E-state index contributed by atoms with van der Waals surface area (Å²) in [5.41, 5.74) is 0. The number of carbonyl (C=O) groups is 1. The van der Waals surface area contributed by atoms with Crippen molar-refractivity contribution in [2.75, 3.05) is 13.1 Å². The molecule has 8 heteroatoms. The maximum absolute atomic E-state index is 12.4. The summed E-state index contributed by atoms with van der Waals surface area (Å²) >= 11 is 4.46. The summed E-state index contributed by atoms with van der Waals surface area (Å²) < 4.78 is 27.4. The van der Waals surface area contributed by atoms with Gasteiger partial charge in [0.2, 0.25) is 0 Å². The van der Waals surface area contributed by atoms with E-state index in [9.17, 15) is 13.2 Å². The number of aliphatic carboxylic acids is 1. The number of thiophene rings is 1. The predicted octanol–water partition coefficient (Wildman–Crippen LogP) is 2.63. The van der Waals surface area contributed by atoms with Crippen LogP contribution in [-0.4, -0.2) is 36.9 Å². The number of hydrogen-bond acceptors (Lipinski definition) is 4. The first kappa shape index (κ1) is 15.9. The standard InChI is InChI=1S/C12H16BrNO4S2/c1-8(12(15)16)9-4-6-14(7-5-9)20(17,18)11-3-2-10(13)19-11/h2-3,8-9H,4-7H2,1H3,(H,15,16)/t8-/m0/s1. The summed E-state index contributed by atoms with van der Waals surface area (Å²) in [6, 6.07) is 3.31. The molecular weight excluding hydrogens is 366 g/mol. The third-order valence-corrected chi connectivity index (χ3v) is 7.73. The molecule has 0 aliphatic carbocycles. The van der Waals surface area contributed by atoms with E-state index in [2.05, 4.69) is 15.9 Å². The lowest BCUT2D eigenvalue weighted by Gasteiger charge is -2.32. The van der Waals surface area contributed by atoms with Gasteiger partial charge >= 0.3 is 5.97 Å². The van der Waals surface area contributed by atoms with Crippen molar-refractivity contribution in [2.45, 2.75) is 24.0 Å². The van der Waals surface area contributed by atoms with E-state index in [-0.39, 0.29) is 5.92 Å². The molecule has 2 rings (SSSR count). The molecule has 1 aliphatic heterocycles. The second-order valence-electron chi connectivity index (χ2n) is 4.93. The fraction of sp³-hybridized carbons (Fsp3) is 0.583. The third kappa shape index (κ3) is 3.24. The number of nitrogens with zero attached hydrogens (tertiary/aromatic N) is 1. The monoisotopic (exact) mass is 381 g/mol. The maximum Gasteiger partial charge on any atom is 0.306 e. The lowest BCUT2D eigenvalue weighted by atomic mass is 9.86. The molecule has 5 nitrogen and oxygen atoms in total. The minimum absolute atomic E-state index is 0.0500. The zero-order chi connectivity index (χ0) is 14.9. The zero-order valence-electron chi connectivity index (χ0n) is 11.0. The van der Waals surface area contributed by atoms with Crippen LogP contribution >= 0.6 is 27.3 Å². The highest BCUT2D eigenvalue weighted by molar-refractivity contribution is 9.11. The van der Waals surface area contributed by atoms with Crippen LogP contribution in [0.5, 0.6) is 0 Å². The van der Waals surface area contributed by atoms with E-state index in [0.29, 0.717) is 30.1 Å². The second kappa shape index (κ2) is 6.13. The molecule has 1 saturated heterocycles. The summed E-state index contributed by atoms with van der Waals surface area (Å²) in [6.07, 6.45) is 1.19. The molecule has 1 aromatic rings. The number of carboxylic acids is 1. The predicted molar refractivity (Wildman–Crippen MR) is 80.3 cm³/mol. The van der Waals surface area contributed by atoms with Gasteiger partial charge in [-0.1, -0.05) is 6.92 Å². The van der Waals surface area contributed by atoms with E-state index >= 15 is 0 Å². The Bertz CT molecular complexity index is 590. The number of carboxylic acid groups (broad SMARTS) is 1. The Kier molecular flexibility index (Phi) is 4.88. The molecule has 1 fully saturated rings. The van der Waals surface area contributed by atoms with Crippen LogP contribution < -0.4 is 0 Å². The van der Waals surface area contributed by atoms with Gasteiger partial charge in [-0.05, 0) is 46.8 Å². The molecule has 0 saturated carbocycles. The third-order valence-electron chi connectivity index (χ3n) is 3.74. The largest absolute Gasteiger partial charge is 0.481 e. The minimum atomic E-state index is -3.44. The van der Waals surface area contributed by atoms with Crippen LogP contribution in [0.3, 0.4) is 0 Å². The van der Waals surface area contributed by atoms with Crippen LogP contribution in [-0.2, 0) is 14.8 Å². The van der Waals surface area contributed by atoms with Gasteiger partial charge in [-0.15, -0.1) is 11.3 Å². The summed E-state index contributed by atoms with van der Waals surface area (Å²) in [5, 5.41) is 9.01. The number of hydrogen-bond donors (Lipinski definition) is 1. The van der Waals surface area contributed by atoms with E-state index < -0.39 is 21.9 Å². The highest BCUT2D eigenvalue weighted by atomic mass is 79.9. The normalized spacial score (nSPS) is 19.9. The van der Waals surface area contributed by atoms with Gasteiger partial charge in [-0.25, -0.2) is 8.42 Å². The summed E-state index contributed by atoms with van der Waals surface area (Å²) in [5.74, 6) is -1.18. The SMILES string of the molecule is C[C@H](C(=O)O)C1CCN(S(=O)(=O)c2ccc(Br)s2)CC1. The van der Waals surface area contributed by atoms with Gasteiger partial charge in [-0.3, -0.25) is 4.79 Å². The molecule has 1 N–H and O–H groups in total. The topological polar surface area (TPSA) is 74.7 Å². The highest BCUT2D eigenvalue weighted by Gasteiger charge is 2.33. The fourth-order valence-electron chi connectivity index (χ4n) is 2.38. The first-order valence-electron chi connectivity index (χ1n) is 6.30. The van der Waals surface area contributed by atoms with E-state index in [0.717, 1.165) is 3.79 Å². The first-order valence-corrected chi connectivity index (χ1v) is 9.35. The molecule has 112 valence electrons. The van der Waals surface area contributed by atoms with Gasteiger partial charge in [0, 0.05) is 13.1 Å². The van der Waals surface area contributed by atoms with Crippen LogP contribution in [0.15, 0.2) is 20.1 Å². The Morgan fingerprint density at radius 3 is 2.50 bits per heavy atom. The van der Waals surface area contributed by atoms with E-state index in [1.165, 1.54) is 15.6 Å². The summed E-state index contributed by atoms with van der Waals surface area (Å²) in [7, 11) is -3.44. The van der Waals surface area contributed by atoms with Crippen LogP contribution in [0.25, 0.3) is 0 Å². The molecule has 1 aliphatic rings. The lowest BCUT2D eigenvalue weighted by molar-refractivity contribution is -0.143. The van der Waals surface area contributed by atoms with Gasteiger partial charge in [0.15, 0.2) is 0 Å². The first-order chi connectivity index (χ1) is 9.32. The fourth-order valence-corrected chi connectivity index (χ4v) is 6.02. The van der Waals surface area contributed by atoms with Crippen LogP contribution in [0.2, 0.25) is 0 Å². The maximum atomic E-state index is 12.4. The Balaban J connectivity index is 2.05. The van der Waals surface area contributed by atoms with Crippen molar-refractivity contribution >= 4 is 43.3 Å². The van der Waals surface area contributed by atoms with Gasteiger partial charge in [0.1, 0.15) is 4.21 Å². The molecule has 0 spiro atoms. The average Bonchev–Trinajstić information content (AvgIpc) is 2.85. The molecule has 0 unspecified atom stereocenters. The Hall–Kier alpha value is -0.440. The van der Waals surface area contributed by atoms with Crippen molar-refractivity contribution in [1.82, 2.24) is 4.31 Å². The Morgan fingerprint density at radius 1 is 1.45 bits per heavy atom. The van der Waals surface area contributed by atoms with Gasteiger partial charge in [0.25, 0.3) is 10.0 Å². The number of sulfonamides is 1. The molecule has 2 heterocycles. The molecule has 1 atom stereocenters. The summed E-state index contributed by atoms with van der Waals surface area (Å²) in [6.45, 7) is 2.47. The second-order valence-corrected chi connectivity index (χ2v) is 9.55. The quantitative estimate of drug-likeness (QED) is 0.869. The van der Waals surface area contributed by atoms with E-state index in [1.54, 1.807) is 19.1 Å². The van der Waals surface area contributed by atoms with E-state index in [4.69, 9.17) is 5.11 Å². The molecular formula is C12H16BrNO4S2. The zero-order valence-corrected chi connectivity index (χ0v) is 14.2. The van der Waals surface area contributed by atoms with Crippen LogP contribution in [0.1, 0.15) is 19.8 Å². The summed E-state index contributed by atoms with van der Waals surface area (Å²) in [4.78, 5) is 11.0. The van der Waals surface area contributed by atoms with Crippen molar-refractivity contribution < 1.29 is 18.3 Å². The molecule has 0 amide bonds. The van der Waals surface area contributed by atoms with Gasteiger partial charge in [-0.2, -0.15) is 4.31 Å². The molecule has 20 heavy (non-hydrogen) atoms. The molecule has 1 aromatic heterocycles. The molecule has 0 radical (unpaired) electrons. The number of piperidine rings is 1. The van der Waals surface area contributed by atoms with Gasteiger partial charge < -0.3 is 5.11 Å². The van der Waals surface area contributed by atoms with Crippen molar-refractivity contribution in [3.8, 4) is 0 Å². The smallest absolute Gasteiger partial charge is 0.306 e. The molecule has 0 aromatic carbocycles.